The van der Waals surface area contributed by atoms with Crippen LogP contribution in [-0.2, 0) is 24.2 Å². The Kier molecular flexibility index (Phi) is 5.45. The first-order valence-corrected chi connectivity index (χ1v) is 11.1. The third kappa shape index (κ3) is 4.01. The van der Waals surface area contributed by atoms with Gasteiger partial charge < -0.3 is 5.32 Å². The van der Waals surface area contributed by atoms with E-state index in [1.807, 2.05) is 0 Å². The minimum Gasteiger partial charge on any atom is -0.324 e. The Morgan fingerprint density at radius 1 is 1.40 bits per heavy atom. The van der Waals surface area contributed by atoms with Gasteiger partial charge in [0.05, 0.1) is 16.7 Å². The van der Waals surface area contributed by atoms with Crippen LogP contribution in [0.3, 0.4) is 0 Å². The van der Waals surface area contributed by atoms with Crippen LogP contribution in [0.1, 0.15) is 37.6 Å². The Balaban J connectivity index is 1.59. The fourth-order valence-corrected chi connectivity index (χ4v) is 5.42. The van der Waals surface area contributed by atoms with E-state index in [0.29, 0.717) is 17.0 Å². The van der Waals surface area contributed by atoms with Crippen molar-refractivity contribution < 1.29 is 9.18 Å². The maximum atomic E-state index is 13.3. The molecule has 1 atom stereocenters. The van der Waals surface area contributed by atoms with E-state index < -0.39 is 11.7 Å². The van der Waals surface area contributed by atoms with Crippen molar-refractivity contribution in [2.75, 3.05) is 5.32 Å². The lowest BCUT2D eigenvalue weighted by molar-refractivity contribution is -0.116. The molecule has 0 bridgehead atoms. The summed E-state index contributed by atoms with van der Waals surface area (Å²) >= 11 is 7.34. The normalized spacial score (nSPS) is 16.5. The van der Waals surface area contributed by atoms with Gasteiger partial charge >= 0.3 is 0 Å². The number of anilines is 1. The van der Waals surface area contributed by atoms with Crippen molar-refractivity contribution in [3.05, 3.63) is 56.2 Å². The number of aromatic nitrogens is 2. The van der Waals surface area contributed by atoms with Gasteiger partial charge in [-0.3, -0.25) is 14.2 Å². The summed E-state index contributed by atoms with van der Waals surface area (Å²) in [5.74, 6) is -0.386. The van der Waals surface area contributed by atoms with Gasteiger partial charge in [-0.05, 0) is 54.4 Å². The van der Waals surface area contributed by atoms with Crippen LogP contribution in [0, 0.1) is 17.2 Å². The van der Waals surface area contributed by atoms with E-state index in [9.17, 15) is 14.0 Å². The molecule has 4 rings (SSSR count). The number of carbonyl (C=O) groups excluding carboxylic acids is 1. The number of nitrogens with zero attached hydrogens (tertiary/aromatic N) is 2. The fraction of sp³-hybridized carbons (Fsp3) is 0.409. The average molecular weight is 448 g/mol. The van der Waals surface area contributed by atoms with Crippen molar-refractivity contribution in [2.45, 2.75) is 46.6 Å². The quantitative estimate of drug-likeness (QED) is 0.611. The lowest BCUT2D eigenvalue weighted by atomic mass is 9.72. The van der Waals surface area contributed by atoms with Crippen molar-refractivity contribution in [1.82, 2.24) is 9.55 Å². The number of amides is 1. The monoisotopic (exact) mass is 447 g/mol. The maximum Gasteiger partial charge on any atom is 0.262 e. The second-order valence-corrected chi connectivity index (χ2v) is 10.3. The van der Waals surface area contributed by atoms with Crippen LogP contribution in [-0.4, -0.2) is 15.5 Å². The van der Waals surface area contributed by atoms with Gasteiger partial charge in [-0.15, -0.1) is 11.3 Å². The molecular weight excluding hydrogens is 425 g/mol. The molecular formula is C22H23ClFN3O2S. The third-order valence-corrected chi connectivity index (χ3v) is 7.23. The molecule has 1 N–H and O–H groups in total. The number of rotatable bonds is 3. The summed E-state index contributed by atoms with van der Waals surface area (Å²) in [7, 11) is 0. The second kappa shape index (κ2) is 7.78. The summed E-state index contributed by atoms with van der Waals surface area (Å²) in [6.07, 6.45) is 4.29. The standard InChI is InChI=1S/C22H23ClFN3O2S/c1-22(2,3)12-4-6-14-17(8-12)30-20-19(14)21(29)27(11-25-20)10-18(28)26-13-5-7-16(24)15(23)9-13/h5,7,9,11-12H,4,6,8,10H2,1-3H3,(H,26,28). The highest BCUT2D eigenvalue weighted by molar-refractivity contribution is 7.18. The van der Waals surface area contributed by atoms with Crippen molar-refractivity contribution in [3.63, 3.8) is 0 Å². The topological polar surface area (TPSA) is 64.0 Å². The van der Waals surface area contributed by atoms with E-state index in [1.165, 1.54) is 34.0 Å². The first kappa shape index (κ1) is 21.0. The van der Waals surface area contributed by atoms with Crippen molar-refractivity contribution in [2.24, 2.45) is 11.3 Å². The summed E-state index contributed by atoms with van der Waals surface area (Å²) in [5, 5.41) is 3.20. The van der Waals surface area contributed by atoms with Crippen LogP contribution in [0.25, 0.3) is 10.2 Å². The van der Waals surface area contributed by atoms with Gasteiger partial charge in [-0.2, -0.15) is 0 Å². The van der Waals surface area contributed by atoms with Crippen LogP contribution in [0.5, 0.6) is 0 Å². The van der Waals surface area contributed by atoms with Crippen molar-refractivity contribution in [1.29, 1.82) is 0 Å². The number of thiophene rings is 1. The first-order chi connectivity index (χ1) is 14.1. The molecule has 158 valence electrons. The predicted octanol–water partition coefficient (Wildman–Crippen LogP) is 5.04. The minimum absolute atomic E-state index is 0.0773. The summed E-state index contributed by atoms with van der Waals surface area (Å²) in [6.45, 7) is 6.60. The molecule has 5 nitrogen and oxygen atoms in total. The van der Waals surface area contributed by atoms with Gasteiger partial charge in [0.25, 0.3) is 5.56 Å². The SMILES string of the molecule is CC(C)(C)C1CCc2c(sc3ncn(CC(=O)Nc4ccc(F)c(Cl)c4)c(=O)c23)C1. The molecule has 0 aliphatic heterocycles. The molecule has 0 radical (unpaired) electrons. The maximum absolute atomic E-state index is 13.3. The molecule has 1 unspecified atom stereocenters. The third-order valence-electron chi connectivity index (χ3n) is 5.78. The number of halogens is 2. The van der Waals surface area contributed by atoms with E-state index in [0.717, 1.165) is 29.7 Å². The van der Waals surface area contributed by atoms with Crippen LogP contribution >= 0.6 is 22.9 Å². The number of fused-ring (bicyclic) bond motifs is 3. The molecule has 0 fully saturated rings. The lowest BCUT2D eigenvalue weighted by Crippen LogP contribution is -2.29. The Morgan fingerprint density at radius 3 is 2.87 bits per heavy atom. The molecule has 1 amide bonds. The molecule has 2 aromatic heterocycles. The fourth-order valence-electron chi connectivity index (χ4n) is 3.98. The number of nitrogens with one attached hydrogen (secondary N) is 1. The molecule has 1 aliphatic rings. The zero-order chi connectivity index (χ0) is 21.6. The van der Waals surface area contributed by atoms with E-state index >= 15 is 0 Å². The summed E-state index contributed by atoms with van der Waals surface area (Å²) in [6, 6.07) is 3.93. The van der Waals surface area contributed by atoms with Gasteiger partial charge in [0.2, 0.25) is 5.91 Å². The van der Waals surface area contributed by atoms with E-state index in [1.54, 1.807) is 11.3 Å². The highest BCUT2D eigenvalue weighted by atomic mass is 35.5. The Hall–Kier alpha value is -2.25. The van der Waals surface area contributed by atoms with Gasteiger partial charge in [0.1, 0.15) is 17.2 Å². The number of hydrogen-bond acceptors (Lipinski definition) is 4. The van der Waals surface area contributed by atoms with Gasteiger partial charge in [0.15, 0.2) is 0 Å². The zero-order valence-electron chi connectivity index (χ0n) is 17.1. The largest absolute Gasteiger partial charge is 0.324 e. The van der Waals surface area contributed by atoms with E-state index in [2.05, 4.69) is 31.1 Å². The zero-order valence-corrected chi connectivity index (χ0v) is 18.7. The molecule has 2 heterocycles. The number of benzene rings is 1. The molecule has 1 aromatic carbocycles. The van der Waals surface area contributed by atoms with E-state index in [4.69, 9.17) is 11.6 Å². The summed E-state index contributed by atoms with van der Waals surface area (Å²) in [4.78, 5) is 31.9. The molecule has 0 saturated carbocycles. The number of carbonyl (C=O) groups is 1. The van der Waals surface area contributed by atoms with Crippen LogP contribution in [0.2, 0.25) is 5.02 Å². The first-order valence-electron chi connectivity index (χ1n) is 9.88. The molecule has 1 aliphatic carbocycles. The van der Waals surface area contributed by atoms with Crippen LogP contribution in [0.15, 0.2) is 29.3 Å². The number of aryl methyl sites for hydroxylation is 1. The van der Waals surface area contributed by atoms with Crippen molar-refractivity contribution in [3.8, 4) is 0 Å². The Bertz CT molecular complexity index is 1200. The van der Waals surface area contributed by atoms with Crippen molar-refractivity contribution >= 4 is 44.7 Å². The van der Waals surface area contributed by atoms with Gasteiger partial charge in [-0.25, -0.2) is 9.37 Å². The predicted molar refractivity (Wildman–Crippen MR) is 119 cm³/mol. The lowest BCUT2D eigenvalue weighted by Gasteiger charge is -2.33. The highest BCUT2D eigenvalue weighted by Gasteiger charge is 2.31. The van der Waals surface area contributed by atoms with Gasteiger partial charge in [0, 0.05) is 10.6 Å². The number of hydrogen-bond donors (Lipinski definition) is 1. The molecule has 0 spiro atoms. The van der Waals surface area contributed by atoms with E-state index in [-0.39, 0.29) is 22.5 Å². The summed E-state index contributed by atoms with van der Waals surface area (Å²) < 4.78 is 14.6. The van der Waals surface area contributed by atoms with Gasteiger partial charge in [-0.1, -0.05) is 32.4 Å². The summed E-state index contributed by atoms with van der Waals surface area (Å²) in [5.41, 5.74) is 1.49. The average Bonchev–Trinajstić information content (AvgIpc) is 3.05. The Labute approximate surface area is 182 Å². The van der Waals surface area contributed by atoms with Crippen LogP contribution in [0.4, 0.5) is 10.1 Å². The molecule has 3 aromatic rings. The Morgan fingerprint density at radius 2 is 2.17 bits per heavy atom. The smallest absolute Gasteiger partial charge is 0.262 e. The minimum atomic E-state index is -0.559. The molecule has 8 heteroatoms. The van der Waals surface area contributed by atoms with Crippen LogP contribution < -0.4 is 10.9 Å². The molecule has 30 heavy (non-hydrogen) atoms. The second-order valence-electron chi connectivity index (χ2n) is 8.84. The highest BCUT2D eigenvalue weighted by Crippen LogP contribution is 2.41. The molecule has 0 saturated heterocycles.